The fraction of sp³-hybridized carbons (Fsp3) is 0.385. The molecule has 18 heavy (non-hydrogen) atoms. The van der Waals surface area contributed by atoms with E-state index in [2.05, 4.69) is 17.5 Å². The van der Waals surface area contributed by atoms with E-state index < -0.39 is 0 Å². The van der Waals surface area contributed by atoms with Crippen LogP contribution in [0.1, 0.15) is 18.4 Å². The van der Waals surface area contributed by atoms with Crippen LogP contribution in [-0.2, 0) is 6.54 Å². The summed E-state index contributed by atoms with van der Waals surface area (Å²) >= 11 is 0. The molecule has 5 nitrogen and oxygen atoms in total. The van der Waals surface area contributed by atoms with Crippen LogP contribution in [0.5, 0.6) is 5.75 Å². The highest BCUT2D eigenvalue weighted by Crippen LogP contribution is 2.24. The largest absolute Gasteiger partial charge is 0.496 e. The van der Waals surface area contributed by atoms with Crippen molar-refractivity contribution in [1.82, 2.24) is 5.32 Å². The third kappa shape index (κ3) is 2.87. The van der Waals surface area contributed by atoms with Crippen LogP contribution in [0.3, 0.4) is 0 Å². The van der Waals surface area contributed by atoms with Gasteiger partial charge in [-0.15, -0.1) is 0 Å². The third-order valence-corrected chi connectivity index (χ3v) is 3.06. The maximum absolute atomic E-state index is 10.7. The van der Waals surface area contributed by atoms with Gasteiger partial charge >= 0.3 is 0 Å². The topological polar surface area (TPSA) is 64.4 Å². The van der Waals surface area contributed by atoms with Crippen LogP contribution in [0.2, 0.25) is 0 Å². The van der Waals surface area contributed by atoms with Gasteiger partial charge in [0.05, 0.1) is 12.0 Å². The summed E-state index contributed by atoms with van der Waals surface area (Å²) < 4.78 is 5.22. The van der Waals surface area contributed by atoms with Gasteiger partial charge in [-0.2, -0.15) is 0 Å². The van der Waals surface area contributed by atoms with Gasteiger partial charge in [-0.1, -0.05) is 12.2 Å². The Labute approximate surface area is 106 Å². The molecule has 0 heterocycles. The standard InChI is InChI=1S/C13H16N2O3/c1-18-13-7-6-12(15(16)17)8-10(13)9-14-11-4-2-3-5-11/h2-3,6-8,11,14H,4-5,9H2,1H3. The Morgan fingerprint density at radius 2 is 2.17 bits per heavy atom. The molecule has 1 N–H and O–H groups in total. The highest BCUT2D eigenvalue weighted by Gasteiger charge is 2.14. The first-order valence-corrected chi connectivity index (χ1v) is 5.90. The number of nitrogens with one attached hydrogen (secondary N) is 1. The van der Waals surface area contributed by atoms with Crippen LogP contribution in [0.4, 0.5) is 5.69 Å². The molecule has 0 atom stereocenters. The highest BCUT2D eigenvalue weighted by atomic mass is 16.6. The number of non-ortho nitro benzene ring substituents is 1. The van der Waals surface area contributed by atoms with Crippen molar-refractivity contribution in [3.63, 3.8) is 0 Å². The summed E-state index contributed by atoms with van der Waals surface area (Å²) in [5.74, 6) is 0.680. The van der Waals surface area contributed by atoms with E-state index in [9.17, 15) is 10.1 Å². The van der Waals surface area contributed by atoms with E-state index >= 15 is 0 Å². The van der Waals surface area contributed by atoms with Crippen LogP contribution in [-0.4, -0.2) is 18.1 Å². The van der Waals surface area contributed by atoms with Crippen molar-refractivity contribution >= 4 is 5.69 Å². The predicted molar refractivity (Wildman–Crippen MR) is 68.7 cm³/mol. The fourth-order valence-electron chi connectivity index (χ4n) is 2.05. The Bertz CT molecular complexity index is 463. The van der Waals surface area contributed by atoms with Crippen molar-refractivity contribution in [2.24, 2.45) is 0 Å². The summed E-state index contributed by atoms with van der Waals surface area (Å²) in [5, 5.41) is 14.1. The second-order valence-electron chi connectivity index (χ2n) is 4.27. The Morgan fingerprint density at radius 1 is 1.44 bits per heavy atom. The summed E-state index contributed by atoms with van der Waals surface area (Å²) in [6.45, 7) is 0.581. The summed E-state index contributed by atoms with van der Waals surface area (Å²) in [6, 6.07) is 5.09. The lowest BCUT2D eigenvalue weighted by atomic mass is 10.1. The second-order valence-corrected chi connectivity index (χ2v) is 4.27. The minimum absolute atomic E-state index is 0.0946. The first-order valence-electron chi connectivity index (χ1n) is 5.90. The molecule has 0 aromatic heterocycles. The molecule has 0 saturated carbocycles. The molecule has 2 rings (SSSR count). The van der Waals surface area contributed by atoms with E-state index in [0.717, 1.165) is 18.4 Å². The monoisotopic (exact) mass is 248 g/mol. The lowest BCUT2D eigenvalue weighted by Crippen LogP contribution is -2.25. The van der Waals surface area contributed by atoms with Crippen molar-refractivity contribution in [2.45, 2.75) is 25.4 Å². The summed E-state index contributed by atoms with van der Waals surface area (Å²) in [7, 11) is 1.57. The van der Waals surface area contributed by atoms with Gasteiger partial charge in [0.15, 0.2) is 0 Å². The third-order valence-electron chi connectivity index (χ3n) is 3.06. The zero-order chi connectivity index (χ0) is 13.0. The maximum Gasteiger partial charge on any atom is 0.270 e. The molecular formula is C13H16N2O3. The quantitative estimate of drug-likeness (QED) is 0.493. The number of hydrogen-bond acceptors (Lipinski definition) is 4. The molecule has 0 saturated heterocycles. The van der Waals surface area contributed by atoms with Gasteiger partial charge in [0, 0.05) is 30.3 Å². The maximum atomic E-state index is 10.7. The van der Waals surface area contributed by atoms with Gasteiger partial charge in [0.25, 0.3) is 5.69 Å². The first-order chi connectivity index (χ1) is 8.70. The Kier molecular flexibility index (Phi) is 3.94. The number of rotatable bonds is 5. The number of nitro benzene ring substituents is 1. The molecule has 0 fully saturated rings. The van der Waals surface area contributed by atoms with Gasteiger partial charge in [-0.3, -0.25) is 10.1 Å². The predicted octanol–water partition coefficient (Wildman–Crippen LogP) is 2.41. The van der Waals surface area contributed by atoms with Crippen molar-refractivity contribution in [1.29, 1.82) is 0 Å². The molecule has 1 aromatic carbocycles. The van der Waals surface area contributed by atoms with Crippen LogP contribution in [0, 0.1) is 10.1 Å². The number of benzene rings is 1. The van der Waals surface area contributed by atoms with E-state index in [1.807, 2.05) is 0 Å². The van der Waals surface area contributed by atoms with E-state index in [0.29, 0.717) is 18.3 Å². The molecule has 1 aliphatic rings. The molecule has 0 aliphatic heterocycles. The van der Waals surface area contributed by atoms with Crippen LogP contribution >= 0.6 is 0 Å². The average Bonchev–Trinajstić information content (AvgIpc) is 2.89. The zero-order valence-electron chi connectivity index (χ0n) is 10.3. The van der Waals surface area contributed by atoms with Crippen molar-refractivity contribution < 1.29 is 9.66 Å². The van der Waals surface area contributed by atoms with E-state index in [-0.39, 0.29) is 10.6 Å². The van der Waals surface area contributed by atoms with Gasteiger partial charge in [0.1, 0.15) is 5.75 Å². The fourth-order valence-corrected chi connectivity index (χ4v) is 2.05. The Hall–Kier alpha value is -1.88. The molecule has 0 bridgehead atoms. The summed E-state index contributed by atoms with van der Waals surface area (Å²) in [4.78, 5) is 10.4. The molecule has 1 aliphatic carbocycles. The SMILES string of the molecule is COc1ccc([N+](=O)[O-])cc1CNC1CC=CC1. The normalized spacial score (nSPS) is 14.9. The number of hydrogen-bond donors (Lipinski definition) is 1. The first kappa shape index (κ1) is 12.6. The molecule has 0 radical (unpaired) electrons. The van der Waals surface area contributed by atoms with E-state index in [1.165, 1.54) is 6.07 Å². The number of methoxy groups -OCH3 is 1. The van der Waals surface area contributed by atoms with E-state index in [1.54, 1.807) is 19.2 Å². The average molecular weight is 248 g/mol. The molecule has 0 amide bonds. The summed E-state index contributed by atoms with van der Waals surface area (Å²) in [6.07, 6.45) is 6.30. The molecule has 1 aromatic rings. The van der Waals surface area contributed by atoms with Crippen LogP contribution < -0.4 is 10.1 Å². The zero-order valence-corrected chi connectivity index (χ0v) is 10.3. The number of nitro groups is 1. The van der Waals surface area contributed by atoms with Gasteiger partial charge in [-0.05, 0) is 18.9 Å². The van der Waals surface area contributed by atoms with Gasteiger partial charge < -0.3 is 10.1 Å². The smallest absolute Gasteiger partial charge is 0.270 e. The summed E-state index contributed by atoms with van der Waals surface area (Å²) in [5.41, 5.74) is 0.913. The molecule has 5 heteroatoms. The minimum Gasteiger partial charge on any atom is -0.496 e. The number of nitrogens with zero attached hydrogens (tertiary/aromatic N) is 1. The number of ether oxygens (including phenoxy) is 1. The minimum atomic E-state index is -0.389. The van der Waals surface area contributed by atoms with Crippen LogP contribution in [0.15, 0.2) is 30.4 Å². The van der Waals surface area contributed by atoms with Gasteiger partial charge in [0.2, 0.25) is 0 Å². The molecular weight excluding hydrogens is 232 g/mol. The van der Waals surface area contributed by atoms with Crippen LogP contribution in [0.25, 0.3) is 0 Å². The molecule has 0 spiro atoms. The second kappa shape index (κ2) is 5.64. The van der Waals surface area contributed by atoms with Gasteiger partial charge in [-0.25, -0.2) is 0 Å². The Balaban J connectivity index is 2.08. The highest BCUT2D eigenvalue weighted by molar-refractivity contribution is 5.43. The molecule has 0 unspecified atom stereocenters. The van der Waals surface area contributed by atoms with E-state index in [4.69, 9.17) is 4.74 Å². The van der Waals surface area contributed by atoms with Crippen molar-refractivity contribution in [2.75, 3.05) is 7.11 Å². The lowest BCUT2D eigenvalue weighted by molar-refractivity contribution is -0.384. The van der Waals surface area contributed by atoms with Crippen molar-refractivity contribution in [3.05, 3.63) is 46.0 Å². The lowest BCUT2D eigenvalue weighted by Gasteiger charge is -2.14. The Morgan fingerprint density at radius 3 is 2.78 bits per heavy atom. The van der Waals surface area contributed by atoms with Crippen molar-refractivity contribution in [3.8, 4) is 5.75 Å². The molecule has 96 valence electrons.